The fraction of sp³-hybridized carbons (Fsp3) is 0.722. The number of hydrogen-bond donors (Lipinski definition) is 0. The molecule has 214 valence electrons. The minimum atomic E-state index is -0.225. The summed E-state index contributed by atoms with van der Waals surface area (Å²) in [6.07, 6.45) is 18.1. The van der Waals surface area contributed by atoms with Crippen molar-refractivity contribution in [1.82, 2.24) is 4.98 Å². The summed E-state index contributed by atoms with van der Waals surface area (Å²) in [4.78, 5) is 17.1. The number of esters is 1. The Morgan fingerprint density at radius 1 is 1.05 bits per heavy atom. The van der Waals surface area contributed by atoms with Gasteiger partial charge in [0, 0.05) is 17.8 Å². The Morgan fingerprint density at radius 3 is 2.51 bits per heavy atom. The first-order valence-electron chi connectivity index (χ1n) is 15.8. The van der Waals surface area contributed by atoms with Crippen LogP contribution in [0, 0.1) is 39.4 Å². The maximum Gasteiger partial charge on any atom is 0.339 e. The van der Waals surface area contributed by atoms with E-state index in [4.69, 9.17) is 4.74 Å². The van der Waals surface area contributed by atoms with Crippen LogP contribution >= 0.6 is 0 Å². The van der Waals surface area contributed by atoms with E-state index in [0.29, 0.717) is 22.3 Å². The van der Waals surface area contributed by atoms with Crippen molar-refractivity contribution in [2.75, 3.05) is 0 Å². The van der Waals surface area contributed by atoms with Crippen molar-refractivity contribution in [1.29, 1.82) is 0 Å². The molecule has 4 aliphatic rings. The fourth-order valence-corrected chi connectivity index (χ4v) is 10.3. The molecule has 0 radical (unpaired) electrons. The molecule has 2 fully saturated rings. The van der Waals surface area contributed by atoms with E-state index in [2.05, 4.69) is 66.4 Å². The van der Waals surface area contributed by atoms with Gasteiger partial charge in [0.2, 0.25) is 0 Å². The van der Waals surface area contributed by atoms with E-state index < -0.39 is 0 Å². The molecule has 0 saturated heterocycles. The van der Waals surface area contributed by atoms with Crippen LogP contribution in [0.15, 0.2) is 47.3 Å². The molecule has 4 aliphatic carbocycles. The first-order chi connectivity index (χ1) is 18.3. The second-order valence-corrected chi connectivity index (χ2v) is 15.2. The average Bonchev–Trinajstić information content (AvgIpc) is 3.17. The van der Waals surface area contributed by atoms with Crippen LogP contribution in [0.4, 0.5) is 0 Å². The number of ether oxygens (including phenoxy) is 1. The lowest BCUT2D eigenvalue weighted by atomic mass is 9.43. The average molecular weight is 532 g/mol. The topological polar surface area (TPSA) is 39.2 Å². The van der Waals surface area contributed by atoms with Gasteiger partial charge in [0.15, 0.2) is 0 Å². The van der Waals surface area contributed by atoms with E-state index in [1.54, 1.807) is 12.4 Å². The molecule has 5 rings (SSSR count). The highest BCUT2D eigenvalue weighted by atomic mass is 16.5. The van der Waals surface area contributed by atoms with Gasteiger partial charge in [-0.2, -0.15) is 0 Å². The molecule has 3 nitrogen and oxygen atoms in total. The molecular formula is C36H53NO2. The number of carbonyl (C=O) groups excluding carboxylic acids is 1. The van der Waals surface area contributed by atoms with Crippen molar-refractivity contribution in [3.05, 3.63) is 52.9 Å². The number of nitrogens with zero attached hydrogens (tertiary/aromatic N) is 1. The molecule has 1 heterocycles. The maximum absolute atomic E-state index is 13.0. The van der Waals surface area contributed by atoms with Crippen LogP contribution in [0.3, 0.4) is 0 Å². The molecule has 0 aromatic carbocycles. The van der Waals surface area contributed by atoms with Crippen molar-refractivity contribution >= 4 is 5.97 Å². The van der Waals surface area contributed by atoms with E-state index in [1.807, 2.05) is 23.3 Å². The minimum Gasteiger partial charge on any atom is -0.458 e. The molecule has 2 saturated carbocycles. The van der Waals surface area contributed by atoms with Gasteiger partial charge in [-0.25, -0.2) is 4.79 Å². The lowest BCUT2D eigenvalue weighted by Crippen LogP contribution is -2.55. The molecule has 0 N–H and O–H groups in total. The smallest absolute Gasteiger partial charge is 0.339 e. The van der Waals surface area contributed by atoms with Crippen LogP contribution in [0.25, 0.3) is 0 Å². The SMILES string of the molecule is CC(C)=CCC[C@@H](C)[C@H]1CC[C@@]2(C)C3=C(CC[C@]12C)[C@@]1(C)CC[C@H](OC(=O)c2cccnc2)C(C)(C)C1CC3. The Balaban J connectivity index is 1.38. The quantitative estimate of drug-likeness (QED) is 0.271. The molecule has 1 aromatic heterocycles. The van der Waals surface area contributed by atoms with E-state index in [-0.39, 0.29) is 22.9 Å². The largest absolute Gasteiger partial charge is 0.458 e. The van der Waals surface area contributed by atoms with Crippen molar-refractivity contribution in [3.8, 4) is 0 Å². The molecule has 1 aromatic rings. The highest BCUT2D eigenvalue weighted by molar-refractivity contribution is 5.89. The third-order valence-corrected chi connectivity index (χ3v) is 12.8. The number of allylic oxidation sites excluding steroid dienone is 4. The van der Waals surface area contributed by atoms with Gasteiger partial charge in [-0.1, -0.05) is 64.3 Å². The summed E-state index contributed by atoms with van der Waals surface area (Å²) in [5, 5.41) is 0. The van der Waals surface area contributed by atoms with Crippen LogP contribution in [0.1, 0.15) is 130 Å². The van der Waals surface area contributed by atoms with Gasteiger partial charge in [-0.3, -0.25) is 4.98 Å². The number of hydrogen-bond acceptors (Lipinski definition) is 3. The third-order valence-electron chi connectivity index (χ3n) is 12.8. The zero-order chi connectivity index (χ0) is 28.2. The third kappa shape index (κ3) is 4.55. The van der Waals surface area contributed by atoms with Crippen LogP contribution < -0.4 is 0 Å². The Morgan fingerprint density at radius 2 is 1.82 bits per heavy atom. The van der Waals surface area contributed by atoms with E-state index in [1.165, 1.54) is 56.9 Å². The van der Waals surface area contributed by atoms with Crippen LogP contribution in [0.2, 0.25) is 0 Å². The predicted molar refractivity (Wildman–Crippen MR) is 160 cm³/mol. The number of aromatic nitrogens is 1. The lowest BCUT2D eigenvalue weighted by Gasteiger charge is -2.62. The molecule has 39 heavy (non-hydrogen) atoms. The predicted octanol–water partition coefficient (Wildman–Crippen LogP) is 9.74. The first kappa shape index (κ1) is 28.6. The highest BCUT2D eigenvalue weighted by Crippen LogP contribution is 2.72. The van der Waals surface area contributed by atoms with Gasteiger partial charge in [-0.15, -0.1) is 0 Å². The summed E-state index contributed by atoms with van der Waals surface area (Å²) < 4.78 is 6.22. The summed E-state index contributed by atoms with van der Waals surface area (Å²) in [5.41, 5.74) is 6.56. The normalized spacial score (nSPS) is 37.8. The summed E-state index contributed by atoms with van der Waals surface area (Å²) in [6.45, 7) is 19.6. The van der Waals surface area contributed by atoms with Crippen LogP contribution in [-0.2, 0) is 4.74 Å². The molecule has 7 atom stereocenters. The second-order valence-electron chi connectivity index (χ2n) is 15.2. The fourth-order valence-electron chi connectivity index (χ4n) is 10.3. The molecule has 0 amide bonds. The Labute approximate surface area is 238 Å². The zero-order valence-corrected chi connectivity index (χ0v) is 26.0. The maximum atomic E-state index is 13.0. The summed E-state index contributed by atoms with van der Waals surface area (Å²) in [5.74, 6) is 1.92. The number of carbonyl (C=O) groups is 1. The molecule has 0 spiro atoms. The van der Waals surface area contributed by atoms with Gasteiger partial charge in [0.1, 0.15) is 6.10 Å². The van der Waals surface area contributed by atoms with Gasteiger partial charge < -0.3 is 4.74 Å². The summed E-state index contributed by atoms with van der Waals surface area (Å²) >= 11 is 0. The summed E-state index contributed by atoms with van der Waals surface area (Å²) in [6, 6.07) is 3.62. The standard InChI is InChI=1S/C36H53NO2/c1-24(2)11-9-12-25(3)27-16-20-36(8)29-14-15-30-33(4,5)31(39-32(38)26-13-10-22-37-23-26)18-19-34(30,6)28(29)17-21-35(27,36)7/h10-11,13,22-23,25,27,30-31H,9,12,14-21H2,1-8H3/t25-,27-,30?,31+,34-,35-,36+/m1/s1. The number of pyridine rings is 1. The number of rotatable bonds is 6. The monoisotopic (exact) mass is 531 g/mol. The molecule has 0 aliphatic heterocycles. The molecule has 0 bridgehead atoms. The van der Waals surface area contributed by atoms with Gasteiger partial charge in [0.05, 0.1) is 5.56 Å². The first-order valence-corrected chi connectivity index (χ1v) is 15.8. The van der Waals surface area contributed by atoms with Crippen molar-refractivity contribution in [2.24, 2.45) is 39.4 Å². The van der Waals surface area contributed by atoms with Crippen molar-refractivity contribution in [2.45, 2.75) is 126 Å². The van der Waals surface area contributed by atoms with Gasteiger partial charge in [0.25, 0.3) is 0 Å². The zero-order valence-electron chi connectivity index (χ0n) is 26.0. The summed E-state index contributed by atoms with van der Waals surface area (Å²) in [7, 11) is 0. The van der Waals surface area contributed by atoms with Crippen molar-refractivity contribution in [3.63, 3.8) is 0 Å². The lowest BCUT2D eigenvalue weighted by molar-refractivity contribution is -0.104. The van der Waals surface area contributed by atoms with Crippen LogP contribution in [-0.4, -0.2) is 17.1 Å². The Bertz CT molecular complexity index is 1140. The molecular weight excluding hydrogens is 478 g/mol. The van der Waals surface area contributed by atoms with E-state index in [0.717, 1.165) is 24.7 Å². The van der Waals surface area contributed by atoms with Gasteiger partial charge in [-0.05, 0) is 124 Å². The Kier molecular flexibility index (Phi) is 7.47. The minimum absolute atomic E-state index is 0.0487. The highest BCUT2D eigenvalue weighted by Gasteiger charge is 2.63. The molecule has 3 heteroatoms. The van der Waals surface area contributed by atoms with E-state index >= 15 is 0 Å². The van der Waals surface area contributed by atoms with Gasteiger partial charge >= 0.3 is 5.97 Å². The van der Waals surface area contributed by atoms with Crippen LogP contribution in [0.5, 0.6) is 0 Å². The van der Waals surface area contributed by atoms with E-state index in [9.17, 15) is 4.79 Å². The second kappa shape index (κ2) is 10.2. The van der Waals surface area contributed by atoms with Crippen molar-refractivity contribution < 1.29 is 9.53 Å². The number of fused-ring (bicyclic) bond motifs is 4. The molecule has 1 unspecified atom stereocenters. The Hall–Kier alpha value is -1.90.